The van der Waals surface area contributed by atoms with E-state index in [0.29, 0.717) is 59.4 Å². The Labute approximate surface area is 231 Å². The lowest BCUT2D eigenvalue weighted by atomic mass is 10.0. The fourth-order valence-corrected chi connectivity index (χ4v) is 5.40. The van der Waals surface area contributed by atoms with Crippen molar-refractivity contribution in [1.29, 1.82) is 0 Å². The summed E-state index contributed by atoms with van der Waals surface area (Å²) in [5.41, 5.74) is 9.48. The molecule has 2 heterocycles. The predicted octanol–water partition coefficient (Wildman–Crippen LogP) is 3.47. The van der Waals surface area contributed by atoms with Gasteiger partial charge in [0.1, 0.15) is 17.2 Å². The maximum absolute atomic E-state index is 13.6. The number of benzene rings is 2. The fourth-order valence-electron chi connectivity index (χ4n) is 5.40. The van der Waals surface area contributed by atoms with Crippen LogP contribution >= 0.6 is 0 Å². The van der Waals surface area contributed by atoms with Crippen LogP contribution in [0.5, 0.6) is 17.2 Å². The molecule has 0 atom stereocenters. The Bertz CT molecular complexity index is 1130. The summed E-state index contributed by atoms with van der Waals surface area (Å²) in [6.45, 7) is 12.5. The van der Waals surface area contributed by atoms with Gasteiger partial charge < -0.3 is 29.4 Å². The van der Waals surface area contributed by atoms with Crippen molar-refractivity contribution in [2.75, 3.05) is 91.3 Å². The molecular formula is C30H41N3O6. The average molecular weight is 540 g/mol. The van der Waals surface area contributed by atoms with Gasteiger partial charge in [0.15, 0.2) is 5.78 Å². The lowest BCUT2D eigenvalue weighted by Crippen LogP contribution is -2.37. The van der Waals surface area contributed by atoms with Crippen LogP contribution in [0, 0.1) is 0 Å². The summed E-state index contributed by atoms with van der Waals surface area (Å²) in [7, 11) is 0. The quantitative estimate of drug-likeness (QED) is 0.259. The van der Waals surface area contributed by atoms with E-state index in [4.69, 9.17) is 29.4 Å². The molecule has 0 bridgehead atoms. The number of anilines is 1. The van der Waals surface area contributed by atoms with Gasteiger partial charge >= 0.3 is 0 Å². The first-order chi connectivity index (χ1) is 19.2. The van der Waals surface area contributed by atoms with Gasteiger partial charge in [-0.1, -0.05) is 19.1 Å². The van der Waals surface area contributed by atoms with Crippen molar-refractivity contribution >= 4 is 11.5 Å². The Balaban J connectivity index is 1.32. The second-order valence-corrected chi connectivity index (χ2v) is 10.2. The van der Waals surface area contributed by atoms with Crippen LogP contribution in [0.3, 0.4) is 0 Å². The number of nitrogen functional groups attached to an aromatic ring is 1. The molecule has 2 aromatic carbocycles. The molecule has 3 aliphatic rings. The summed E-state index contributed by atoms with van der Waals surface area (Å²) in [5, 5.41) is 0. The summed E-state index contributed by atoms with van der Waals surface area (Å²) < 4.78 is 29.4. The molecule has 2 N–H and O–H groups in total. The van der Waals surface area contributed by atoms with Crippen molar-refractivity contribution in [3.63, 3.8) is 0 Å². The molecule has 2 aromatic rings. The van der Waals surface area contributed by atoms with Crippen molar-refractivity contribution in [2.24, 2.45) is 0 Å². The van der Waals surface area contributed by atoms with Crippen LogP contribution in [-0.4, -0.2) is 101 Å². The van der Waals surface area contributed by atoms with Crippen LogP contribution in [0.4, 0.5) is 5.69 Å². The van der Waals surface area contributed by atoms with E-state index in [1.54, 1.807) is 0 Å². The molecule has 0 saturated carbocycles. The molecular weight excluding hydrogens is 498 g/mol. The van der Waals surface area contributed by atoms with Gasteiger partial charge in [-0.25, -0.2) is 0 Å². The predicted molar refractivity (Wildman–Crippen MR) is 150 cm³/mol. The summed E-state index contributed by atoms with van der Waals surface area (Å²) in [5.74, 6) is 1.68. The van der Waals surface area contributed by atoms with E-state index in [-0.39, 0.29) is 5.78 Å². The maximum atomic E-state index is 13.6. The SMILES string of the molecule is CCCOc1cc(OCCCN2CCOCC2)c(N)c2c1-c1c(OCCCN3CCOCC3)cccc1C2=O. The van der Waals surface area contributed by atoms with Crippen molar-refractivity contribution < 1.29 is 28.5 Å². The number of carbonyl (C=O) groups excluding carboxylic acids is 1. The number of nitrogens with two attached hydrogens (primary N) is 1. The van der Waals surface area contributed by atoms with Gasteiger partial charge in [0.05, 0.1) is 57.5 Å². The van der Waals surface area contributed by atoms with Crippen LogP contribution in [0.25, 0.3) is 11.1 Å². The number of fused-ring (bicyclic) bond motifs is 3. The summed E-state index contributed by atoms with van der Waals surface area (Å²) in [6.07, 6.45) is 2.59. The monoisotopic (exact) mass is 539 g/mol. The minimum Gasteiger partial charge on any atom is -0.493 e. The number of nitrogens with zero attached hydrogens (tertiary/aromatic N) is 2. The number of ketones is 1. The van der Waals surface area contributed by atoms with E-state index in [1.807, 2.05) is 24.3 Å². The zero-order valence-corrected chi connectivity index (χ0v) is 23.0. The van der Waals surface area contributed by atoms with E-state index in [9.17, 15) is 4.79 Å². The van der Waals surface area contributed by atoms with E-state index >= 15 is 0 Å². The third-order valence-electron chi connectivity index (χ3n) is 7.46. The second kappa shape index (κ2) is 13.5. The smallest absolute Gasteiger partial charge is 0.196 e. The number of hydrogen-bond donors (Lipinski definition) is 1. The highest BCUT2D eigenvalue weighted by atomic mass is 16.5. The number of ether oxygens (including phenoxy) is 5. The van der Waals surface area contributed by atoms with Crippen molar-refractivity contribution in [2.45, 2.75) is 26.2 Å². The molecule has 2 aliphatic heterocycles. The Morgan fingerprint density at radius 2 is 1.36 bits per heavy atom. The van der Waals surface area contributed by atoms with Crippen molar-refractivity contribution in [3.8, 4) is 28.4 Å². The van der Waals surface area contributed by atoms with Crippen molar-refractivity contribution in [3.05, 3.63) is 35.4 Å². The van der Waals surface area contributed by atoms with Crippen LogP contribution < -0.4 is 19.9 Å². The van der Waals surface area contributed by atoms with Gasteiger partial charge in [0, 0.05) is 62.0 Å². The van der Waals surface area contributed by atoms with E-state index in [0.717, 1.165) is 90.5 Å². The molecule has 0 spiro atoms. The van der Waals surface area contributed by atoms with Gasteiger partial charge in [0.25, 0.3) is 0 Å². The highest BCUT2D eigenvalue weighted by Gasteiger charge is 2.36. The zero-order valence-electron chi connectivity index (χ0n) is 23.0. The Kier molecular flexibility index (Phi) is 9.58. The largest absolute Gasteiger partial charge is 0.493 e. The Morgan fingerprint density at radius 3 is 1.97 bits per heavy atom. The molecule has 9 nitrogen and oxygen atoms in total. The van der Waals surface area contributed by atoms with Crippen LogP contribution in [0.15, 0.2) is 24.3 Å². The lowest BCUT2D eigenvalue weighted by molar-refractivity contribution is 0.0357. The van der Waals surface area contributed by atoms with E-state index < -0.39 is 0 Å². The van der Waals surface area contributed by atoms with E-state index in [1.165, 1.54) is 0 Å². The molecule has 1 aliphatic carbocycles. The second-order valence-electron chi connectivity index (χ2n) is 10.2. The first-order valence-corrected chi connectivity index (χ1v) is 14.3. The molecule has 0 amide bonds. The number of rotatable bonds is 13. The van der Waals surface area contributed by atoms with E-state index in [2.05, 4.69) is 16.7 Å². The molecule has 0 radical (unpaired) electrons. The molecule has 0 aromatic heterocycles. The normalized spacial score (nSPS) is 17.6. The molecule has 39 heavy (non-hydrogen) atoms. The van der Waals surface area contributed by atoms with Crippen LogP contribution in [0.2, 0.25) is 0 Å². The third kappa shape index (κ3) is 6.49. The third-order valence-corrected chi connectivity index (χ3v) is 7.46. The Morgan fingerprint density at radius 1 is 0.769 bits per heavy atom. The highest BCUT2D eigenvalue weighted by molar-refractivity contribution is 6.26. The molecule has 5 rings (SSSR count). The highest BCUT2D eigenvalue weighted by Crippen LogP contribution is 2.52. The van der Waals surface area contributed by atoms with Gasteiger partial charge in [-0.2, -0.15) is 0 Å². The van der Waals surface area contributed by atoms with Gasteiger partial charge in [0.2, 0.25) is 0 Å². The number of morpholine rings is 2. The average Bonchev–Trinajstić information content (AvgIpc) is 3.28. The molecule has 212 valence electrons. The lowest BCUT2D eigenvalue weighted by Gasteiger charge is -2.26. The Hall–Kier alpha value is -2.85. The molecule has 2 fully saturated rings. The summed E-state index contributed by atoms with van der Waals surface area (Å²) >= 11 is 0. The van der Waals surface area contributed by atoms with Crippen LogP contribution in [0.1, 0.15) is 42.1 Å². The summed E-state index contributed by atoms with van der Waals surface area (Å²) in [6, 6.07) is 7.47. The molecule has 9 heteroatoms. The number of hydrogen-bond acceptors (Lipinski definition) is 9. The van der Waals surface area contributed by atoms with Crippen LogP contribution in [-0.2, 0) is 9.47 Å². The first-order valence-electron chi connectivity index (χ1n) is 14.3. The van der Waals surface area contributed by atoms with Gasteiger partial charge in [-0.05, 0) is 25.3 Å². The molecule has 0 unspecified atom stereocenters. The first kappa shape index (κ1) is 27.7. The summed E-state index contributed by atoms with van der Waals surface area (Å²) in [4.78, 5) is 18.4. The fraction of sp³-hybridized carbons (Fsp3) is 0.567. The zero-order chi connectivity index (χ0) is 27.0. The standard InChI is InChI=1S/C30H41N3O6/c1-2-14-37-24-21-25(39-16-5-9-33-12-19-36-20-13-33)29(31)28-27(24)26-22(30(28)34)6-3-7-23(26)38-15-4-8-32-10-17-35-18-11-32/h3,6-7,21H,2,4-5,8-20,31H2,1H3. The minimum absolute atomic E-state index is 0.114. The van der Waals surface area contributed by atoms with Gasteiger partial charge in [-0.15, -0.1) is 0 Å². The van der Waals surface area contributed by atoms with Gasteiger partial charge in [-0.3, -0.25) is 14.6 Å². The number of carbonyl (C=O) groups is 1. The van der Waals surface area contributed by atoms with Crippen molar-refractivity contribution in [1.82, 2.24) is 9.80 Å². The maximum Gasteiger partial charge on any atom is 0.196 e. The topological polar surface area (TPSA) is 95.7 Å². The minimum atomic E-state index is -0.114. The molecule has 2 saturated heterocycles.